The summed E-state index contributed by atoms with van der Waals surface area (Å²) in [7, 11) is 0. The van der Waals surface area contributed by atoms with Crippen LogP contribution in [0.5, 0.6) is 0 Å². The summed E-state index contributed by atoms with van der Waals surface area (Å²) in [5, 5.41) is 22.8. The van der Waals surface area contributed by atoms with E-state index in [2.05, 4.69) is 20.8 Å². The number of tetrazole rings is 1. The molecule has 1 aromatic carbocycles. The average Bonchev–Trinajstić information content (AvgIpc) is 3.01. The summed E-state index contributed by atoms with van der Waals surface area (Å²) < 4.78 is 1.52. The molecule has 1 atom stereocenters. The van der Waals surface area contributed by atoms with Gasteiger partial charge in [-0.3, -0.25) is 9.59 Å². The van der Waals surface area contributed by atoms with Gasteiger partial charge in [0.2, 0.25) is 5.91 Å². The Hall–Kier alpha value is -2.77. The van der Waals surface area contributed by atoms with Gasteiger partial charge in [0.25, 0.3) is 0 Å². The van der Waals surface area contributed by atoms with E-state index in [-0.39, 0.29) is 24.7 Å². The molecule has 1 aromatic heterocycles. The maximum atomic E-state index is 12.3. The molecule has 1 heterocycles. The van der Waals surface area contributed by atoms with Gasteiger partial charge in [0.05, 0.1) is 18.5 Å². The lowest BCUT2D eigenvalue weighted by Gasteiger charge is -2.33. The molecule has 0 bridgehead atoms. The van der Waals surface area contributed by atoms with Crippen molar-refractivity contribution in [2.24, 2.45) is 5.92 Å². The second-order valence-electron chi connectivity index (χ2n) is 6.29. The predicted octanol–water partition coefficient (Wildman–Crippen LogP) is 1.21. The number of carboxylic acid groups (broad SMARTS) is 1. The van der Waals surface area contributed by atoms with Crippen LogP contribution in [0.2, 0.25) is 0 Å². The molecule has 8 nitrogen and oxygen atoms in total. The van der Waals surface area contributed by atoms with Crippen molar-refractivity contribution in [1.29, 1.82) is 0 Å². The zero-order valence-corrected chi connectivity index (χ0v) is 13.9. The Labute approximate surface area is 139 Å². The fourth-order valence-corrected chi connectivity index (χ4v) is 2.30. The summed E-state index contributed by atoms with van der Waals surface area (Å²) in [4.78, 5) is 23.3. The van der Waals surface area contributed by atoms with Crippen molar-refractivity contribution in [2.75, 3.05) is 0 Å². The van der Waals surface area contributed by atoms with E-state index in [1.807, 2.05) is 38.1 Å². The van der Waals surface area contributed by atoms with Crippen LogP contribution in [-0.4, -0.2) is 42.7 Å². The number of benzene rings is 1. The second kappa shape index (κ2) is 7.20. The number of hydrogen-bond donors (Lipinski definition) is 2. The summed E-state index contributed by atoms with van der Waals surface area (Å²) in [5.41, 5.74) is 0.836. The van der Waals surface area contributed by atoms with Crippen LogP contribution < -0.4 is 5.32 Å². The van der Waals surface area contributed by atoms with Gasteiger partial charge in [-0.2, -0.15) is 0 Å². The Kier molecular flexibility index (Phi) is 5.28. The van der Waals surface area contributed by atoms with Gasteiger partial charge in [-0.25, -0.2) is 4.68 Å². The maximum Gasteiger partial charge on any atom is 0.305 e. The van der Waals surface area contributed by atoms with E-state index in [4.69, 9.17) is 5.11 Å². The fraction of sp³-hybridized carbons (Fsp3) is 0.438. The highest BCUT2D eigenvalue weighted by atomic mass is 16.4. The Morgan fingerprint density at radius 3 is 2.46 bits per heavy atom. The van der Waals surface area contributed by atoms with Crippen molar-refractivity contribution in [3.05, 3.63) is 36.2 Å². The molecule has 0 saturated carbocycles. The van der Waals surface area contributed by atoms with Gasteiger partial charge in [0, 0.05) is 5.54 Å². The largest absolute Gasteiger partial charge is 0.481 e. The summed E-state index contributed by atoms with van der Waals surface area (Å²) in [5.74, 6) is -1.14. The minimum absolute atomic E-state index is 0.000239. The third-order valence-electron chi connectivity index (χ3n) is 4.13. The van der Waals surface area contributed by atoms with Crippen molar-refractivity contribution < 1.29 is 14.7 Å². The van der Waals surface area contributed by atoms with E-state index < -0.39 is 11.5 Å². The van der Waals surface area contributed by atoms with E-state index in [9.17, 15) is 9.59 Å². The number of aliphatic carboxylic acids is 1. The van der Waals surface area contributed by atoms with Crippen LogP contribution in [0, 0.1) is 5.92 Å². The summed E-state index contributed by atoms with van der Waals surface area (Å²) >= 11 is 0. The van der Waals surface area contributed by atoms with Gasteiger partial charge in [0.15, 0.2) is 0 Å². The lowest BCUT2D eigenvalue weighted by Crippen LogP contribution is -2.51. The van der Waals surface area contributed by atoms with Crippen LogP contribution >= 0.6 is 0 Å². The molecule has 2 rings (SSSR count). The number of amides is 1. The van der Waals surface area contributed by atoms with E-state index in [1.165, 1.54) is 11.0 Å². The Morgan fingerprint density at radius 1 is 1.29 bits per heavy atom. The van der Waals surface area contributed by atoms with E-state index in [0.717, 1.165) is 11.3 Å². The van der Waals surface area contributed by atoms with Crippen LogP contribution in [0.4, 0.5) is 0 Å². The summed E-state index contributed by atoms with van der Waals surface area (Å²) in [6.45, 7) is 5.54. The SMILES string of the molecule is CC(C)C(C)(CC(=O)O)NC(=O)Cc1ccc(-n2cnnn2)cc1. The van der Waals surface area contributed by atoms with Gasteiger partial charge in [-0.1, -0.05) is 26.0 Å². The van der Waals surface area contributed by atoms with Crippen molar-refractivity contribution in [1.82, 2.24) is 25.5 Å². The quantitative estimate of drug-likeness (QED) is 0.789. The smallest absolute Gasteiger partial charge is 0.305 e. The third-order valence-corrected chi connectivity index (χ3v) is 4.13. The number of rotatable bonds is 7. The van der Waals surface area contributed by atoms with Crippen molar-refractivity contribution in [2.45, 2.75) is 39.2 Å². The van der Waals surface area contributed by atoms with Gasteiger partial charge in [-0.05, 0) is 41.0 Å². The number of carbonyl (C=O) groups is 2. The normalized spacial score (nSPS) is 13.5. The van der Waals surface area contributed by atoms with Gasteiger partial charge < -0.3 is 10.4 Å². The topological polar surface area (TPSA) is 110 Å². The molecule has 128 valence electrons. The highest BCUT2D eigenvalue weighted by Crippen LogP contribution is 2.21. The van der Waals surface area contributed by atoms with Crippen LogP contribution in [0.25, 0.3) is 5.69 Å². The molecule has 24 heavy (non-hydrogen) atoms. The molecule has 0 saturated heterocycles. The van der Waals surface area contributed by atoms with Crippen LogP contribution in [0.3, 0.4) is 0 Å². The maximum absolute atomic E-state index is 12.3. The molecule has 0 aliphatic carbocycles. The highest BCUT2D eigenvalue weighted by Gasteiger charge is 2.32. The molecule has 0 aliphatic rings. The first kappa shape index (κ1) is 17.6. The van der Waals surface area contributed by atoms with Crippen LogP contribution in [-0.2, 0) is 16.0 Å². The number of hydrogen-bond acceptors (Lipinski definition) is 5. The van der Waals surface area contributed by atoms with Gasteiger partial charge >= 0.3 is 5.97 Å². The predicted molar refractivity (Wildman–Crippen MR) is 86.5 cm³/mol. The average molecular weight is 331 g/mol. The zero-order valence-electron chi connectivity index (χ0n) is 13.9. The summed E-state index contributed by atoms with van der Waals surface area (Å²) in [6, 6.07) is 7.27. The lowest BCUT2D eigenvalue weighted by molar-refractivity contribution is -0.139. The molecule has 1 unspecified atom stereocenters. The fourth-order valence-electron chi connectivity index (χ4n) is 2.30. The second-order valence-corrected chi connectivity index (χ2v) is 6.29. The molecule has 0 spiro atoms. The minimum atomic E-state index is -0.933. The van der Waals surface area contributed by atoms with E-state index in [0.29, 0.717) is 0 Å². The lowest BCUT2D eigenvalue weighted by atomic mass is 9.85. The van der Waals surface area contributed by atoms with E-state index in [1.54, 1.807) is 6.92 Å². The number of carbonyl (C=O) groups excluding carboxylic acids is 1. The first-order valence-electron chi connectivity index (χ1n) is 7.65. The summed E-state index contributed by atoms with van der Waals surface area (Å²) in [6.07, 6.45) is 1.55. The molecule has 1 amide bonds. The number of nitrogens with zero attached hydrogens (tertiary/aromatic N) is 4. The van der Waals surface area contributed by atoms with Gasteiger partial charge in [0.1, 0.15) is 6.33 Å². The first-order chi connectivity index (χ1) is 11.3. The van der Waals surface area contributed by atoms with Crippen molar-refractivity contribution in [3.8, 4) is 5.69 Å². The van der Waals surface area contributed by atoms with Gasteiger partial charge in [-0.15, -0.1) is 5.10 Å². The van der Waals surface area contributed by atoms with Crippen LogP contribution in [0.1, 0.15) is 32.8 Å². The first-order valence-corrected chi connectivity index (χ1v) is 7.65. The Balaban J connectivity index is 2.02. The number of nitrogens with one attached hydrogen (secondary N) is 1. The van der Waals surface area contributed by atoms with E-state index >= 15 is 0 Å². The molecule has 0 fully saturated rings. The molecule has 2 aromatic rings. The number of carboxylic acids is 1. The van der Waals surface area contributed by atoms with Crippen LogP contribution in [0.15, 0.2) is 30.6 Å². The molecular weight excluding hydrogens is 310 g/mol. The Morgan fingerprint density at radius 2 is 1.96 bits per heavy atom. The molecular formula is C16H21N5O3. The minimum Gasteiger partial charge on any atom is -0.481 e. The monoisotopic (exact) mass is 331 g/mol. The standard InChI is InChI=1S/C16H21N5O3/c1-11(2)16(3,9-15(23)24)18-14(22)8-12-4-6-13(7-5-12)21-10-17-19-20-21/h4-7,10-11H,8-9H2,1-3H3,(H,18,22)(H,23,24). The molecule has 0 radical (unpaired) electrons. The Bertz CT molecular complexity index is 697. The highest BCUT2D eigenvalue weighted by molar-refractivity contribution is 5.80. The molecule has 8 heteroatoms. The molecule has 0 aliphatic heterocycles. The number of aromatic nitrogens is 4. The molecule has 2 N–H and O–H groups in total. The van der Waals surface area contributed by atoms with Crippen molar-refractivity contribution >= 4 is 11.9 Å². The van der Waals surface area contributed by atoms with Crippen molar-refractivity contribution in [3.63, 3.8) is 0 Å². The zero-order chi connectivity index (χ0) is 17.7. The third kappa shape index (κ3) is 4.37.